The Morgan fingerprint density at radius 1 is 1.29 bits per heavy atom. The number of hydrogen-bond donors (Lipinski definition) is 1. The quantitative estimate of drug-likeness (QED) is 0.734. The molecule has 1 atom stereocenters. The highest BCUT2D eigenvalue weighted by molar-refractivity contribution is 5.19. The summed E-state index contributed by atoms with van der Waals surface area (Å²) in [5.74, 6) is 0. The van der Waals surface area contributed by atoms with Crippen molar-refractivity contribution >= 4 is 0 Å². The molecule has 0 aliphatic carbocycles. The van der Waals surface area contributed by atoms with Gasteiger partial charge in [0.15, 0.2) is 0 Å². The van der Waals surface area contributed by atoms with Gasteiger partial charge in [-0.05, 0) is 19.4 Å². The van der Waals surface area contributed by atoms with Gasteiger partial charge in [-0.25, -0.2) is 0 Å². The van der Waals surface area contributed by atoms with Crippen LogP contribution in [0.3, 0.4) is 0 Å². The van der Waals surface area contributed by atoms with E-state index in [1.165, 1.54) is 5.56 Å². The van der Waals surface area contributed by atoms with Gasteiger partial charge in [0.05, 0.1) is 18.2 Å². The smallest absolute Gasteiger partial charge is 0.0751 e. The zero-order chi connectivity index (χ0) is 10.0. The second-order valence-corrected chi connectivity index (χ2v) is 4.41. The Balaban J connectivity index is 2.03. The topological polar surface area (TPSA) is 21.3 Å². The van der Waals surface area contributed by atoms with Gasteiger partial charge in [0, 0.05) is 6.54 Å². The first-order chi connectivity index (χ1) is 6.67. The van der Waals surface area contributed by atoms with E-state index in [9.17, 15) is 0 Å². The first-order valence-corrected chi connectivity index (χ1v) is 5.10. The predicted molar refractivity (Wildman–Crippen MR) is 57.2 cm³/mol. The first kappa shape index (κ1) is 9.69. The summed E-state index contributed by atoms with van der Waals surface area (Å²) < 4.78 is 5.77. The largest absolute Gasteiger partial charge is 0.372 e. The van der Waals surface area contributed by atoms with E-state index in [4.69, 9.17) is 4.74 Å². The Labute approximate surface area is 85.3 Å². The average Bonchev–Trinajstić information content (AvgIpc) is 2.19. The summed E-state index contributed by atoms with van der Waals surface area (Å²) >= 11 is 0. The number of morpholine rings is 1. The van der Waals surface area contributed by atoms with Crippen LogP contribution in [0.15, 0.2) is 30.3 Å². The van der Waals surface area contributed by atoms with Gasteiger partial charge in [-0.1, -0.05) is 30.3 Å². The monoisotopic (exact) mass is 191 g/mol. The van der Waals surface area contributed by atoms with E-state index >= 15 is 0 Å². The Kier molecular flexibility index (Phi) is 2.57. The lowest BCUT2D eigenvalue weighted by Crippen LogP contribution is -2.47. The summed E-state index contributed by atoms with van der Waals surface area (Å²) in [5.41, 5.74) is 1.29. The Morgan fingerprint density at radius 3 is 2.57 bits per heavy atom. The lowest BCUT2D eigenvalue weighted by Gasteiger charge is -2.36. The molecule has 0 bridgehead atoms. The fourth-order valence-corrected chi connectivity index (χ4v) is 1.69. The van der Waals surface area contributed by atoms with Crippen molar-refractivity contribution < 1.29 is 4.74 Å². The molecule has 1 saturated heterocycles. The molecule has 76 valence electrons. The SMILES string of the molecule is CC1(C)CN[C@@H](c2ccccc2)CO1. The van der Waals surface area contributed by atoms with Crippen LogP contribution in [0.2, 0.25) is 0 Å². The molecule has 1 fully saturated rings. The molecule has 1 aromatic carbocycles. The number of nitrogens with one attached hydrogen (secondary N) is 1. The number of hydrogen-bond acceptors (Lipinski definition) is 2. The average molecular weight is 191 g/mol. The van der Waals surface area contributed by atoms with Crippen LogP contribution in [0, 0.1) is 0 Å². The van der Waals surface area contributed by atoms with Crippen LogP contribution in [0.4, 0.5) is 0 Å². The number of benzene rings is 1. The van der Waals surface area contributed by atoms with Gasteiger partial charge in [0.25, 0.3) is 0 Å². The van der Waals surface area contributed by atoms with Crippen LogP contribution in [0.25, 0.3) is 0 Å². The third-order valence-corrected chi connectivity index (χ3v) is 2.62. The van der Waals surface area contributed by atoms with E-state index in [1.807, 2.05) is 6.07 Å². The van der Waals surface area contributed by atoms with E-state index in [2.05, 4.69) is 43.4 Å². The van der Waals surface area contributed by atoms with Crippen LogP contribution in [-0.4, -0.2) is 18.8 Å². The Morgan fingerprint density at radius 2 is 2.00 bits per heavy atom. The normalized spacial score (nSPS) is 26.0. The minimum absolute atomic E-state index is 0.0225. The second kappa shape index (κ2) is 3.71. The van der Waals surface area contributed by atoms with Crippen LogP contribution < -0.4 is 5.32 Å². The van der Waals surface area contributed by atoms with Crippen molar-refractivity contribution in [2.24, 2.45) is 0 Å². The highest BCUT2D eigenvalue weighted by Gasteiger charge is 2.27. The maximum absolute atomic E-state index is 5.77. The predicted octanol–water partition coefficient (Wildman–Crippen LogP) is 2.13. The molecular weight excluding hydrogens is 174 g/mol. The second-order valence-electron chi connectivity index (χ2n) is 4.41. The van der Waals surface area contributed by atoms with Crippen molar-refractivity contribution in [3.8, 4) is 0 Å². The maximum Gasteiger partial charge on any atom is 0.0751 e. The highest BCUT2D eigenvalue weighted by atomic mass is 16.5. The zero-order valence-corrected chi connectivity index (χ0v) is 8.79. The molecular formula is C12H17NO. The molecule has 0 spiro atoms. The van der Waals surface area contributed by atoms with Crippen molar-refractivity contribution in [1.82, 2.24) is 5.32 Å². The molecule has 1 aromatic rings. The fourth-order valence-electron chi connectivity index (χ4n) is 1.69. The summed E-state index contributed by atoms with van der Waals surface area (Å²) in [6.07, 6.45) is 0. The molecule has 0 saturated carbocycles. The molecule has 1 N–H and O–H groups in total. The van der Waals surface area contributed by atoms with Crippen molar-refractivity contribution in [1.29, 1.82) is 0 Å². The molecule has 2 rings (SSSR count). The lowest BCUT2D eigenvalue weighted by molar-refractivity contribution is -0.0586. The van der Waals surface area contributed by atoms with Gasteiger partial charge >= 0.3 is 0 Å². The summed E-state index contributed by atoms with van der Waals surface area (Å²) in [4.78, 5) is 0. The Hall–Kier alpha value is -0.860. The van der Waals surface area contributed by atoms with E-state index in [-0.39, 0.29) is 5.60 Å². The summed E-state index contributed by atoms with van der Waals surface area (Å²) in [7, 11) is 0. The van der Waals surface area contributed by atoms with Gasteiger partial charge in [-0.15, -0.1) is 0 Å². The van der Waals surface area contributed by atoms with E-state index in [0.717, 1.165) is 13.2 Å². The molecule has 14 heavy (non-hydrogen) atoms. The third-order valence-electron chi connectivity index (χ3n) is 2.62. The van der Waals surface area contributed by atoms with E-state index < -0.39 is 0 Å². The van der Waals surface area contributed by atoms with Crippen LogP contribution in [0.1, 0.15) is 25.5 Å². The van der Waals surface area contributed by atoms with E-state index in [0.29, 0.717) is 6.04 Å². The summed E-state index contributed by atoms with van der Waals surface area (Å²) in [5, 5.41) is 3.50. The van der Waals surface area contributed by atoms with Crippen molar-refractivity contribution in [3.05, 3.63) is 35.9 Å². The summed E-state index contributed by atoms with van der Waals surface area (Å²) in [6.45, 7) is 5.89. The maximum atomic E-state index is 5.77. The fraction of sp³-hybridized carbons (Fsp3) is 0.500. The van der Waals surface area contributed by atoms with Gasteiger partial charge < -0.3 is 10.1 Å². The summed E-state index contributed by atoms with van der Waals surface area (Å²) in [6, 6.07) is 10.8. The van der Waals surface area contributed by atoms with Crippen molar-refractivity contribution in [2.75, 3.05) is 13.2 Å². The minimum Gasteiger partial charge on any atom is -0.372 e. The Bertz CT molecular complexity index is 284. The molecule has 2 nitrogen and oxygen atoms in total. The molecule has 1 aliphatic rings. The van der Waals surface area contributed by atoms with Gasteiger partial charge in [-0.3, -0.25) is 0 Å². The van der Waals surface area contributed by atoms with Crippen LogP contribution >= 0.6 is 0 Å². The number of rotatable bonds is 1. The minimum atomic E-state index is -0.0225. The third kappa shape index (κ3) is 2.14. The zero-order valence-electron chi connectivity index (χ0n) is 8.79. The standard InChI is InChI=1S/C12H17NO/c1-12(2)9-13-11(8-14-12)10-6-4-3-5-7-10/h3-7,11,13H,8-9H2,1-2H3/t11-/m1/s1. The molecule has 1 heterocycles. The number of ether oxygens (including phenoxy) is 1. The molecule has 0 aromatic heterocycles. The van der Waals surface area contributed by atoms with E-state index in [1.54, 1.807) is 0 Å². The van der Waals surface area contributed by atoms with Gasteiger partial charge in [0.2, 0.25) is 0 Å². The van der Waals surface area contributed by atoms with Crippen LogP contribution in [0.5, 0.6) is 0 Å². The molecule has 0 radical (unpaired) electrons. The molecule has 0 amide bonds. The van der Waals surface area contributed by atoms with Crippen molar-refractivity contribution in [3.63, 3.8) is 0 Å². The lowest BCUT2D eigenvalue weighted by atomic mass is 10.0. The van der Waals surface area contributed by atoms with Gasteiger partial charge in [-0.2, -0.15) is 0 Å². The van der Waals surface area contributed by atoms with Crippen molar-refractivity contribution in [2.45, 2.75) is 25.5 Å². The van der Waals surface area contributed by atoms with Gasteiger partial charge in [0.1, 0.15) is 0 Å². The first-order valence-electron chi connectivity index (χ1n) is 5.10. The molecule has 1 aliphatic heterocycles. The molecule has 2 heteroatoms. The van der Waals surface area contributed by atoms with Crippen LogP contribution in [-0.2, 0) is 4.74 Å². The highest BCUT2D eigenvalue weighted by Crippen LogP contribution is 2.21. The molecule has 0 unspecified atom stereocenters.